The predicted molar refractivity (Wildman–Crippen MR) is 64.3 cm³/mol. The molecule has 1 aliphatic rings. The van der Waals surface area contributed by atoms with E-state index in [4.69, 9.17) is 16.7 Å². The fraction of sp³-hybridized carbons (Fsp3) is 0.417. The molecule has 0 amide bonds. The van der Waals surface area contributed by atoms with Gasteiger partial charge < -0.3 is 10.0 Å². The van der Waals surface area contributed by atoms with E-state index in [0.29, 0.717) is 0 Å². The highest BCUT2D eigenvalue weighted by Crippen LogP contribution is 2.39. The third-order valence-electron chi connectivity index (χ3n) is 3.18. The summed E-state index contributed by atoms with van der Waals surface area (Å²) in [6.07, 6.45) is 0.875. The van der Waals surface area contributed by atoms with E-state index in [0.717, 1.165) is 28.3 Å². The number of carboxylic acid groups (broad SMARTS) is 1. The number of aliphatic carboxylic acids is 1. The van der Waals surface area contributed by atoms with Crippen LogP contribution in [0, 0.1) is 6.92 Å². The number of anilines is 1. The first-order valence-electron chi connectivity index (χ1n) is 5.23. The van der Waals surface area contributed by atoms with Crippen LogP contribution in [0.2, 0.25) is 5.02 Å². The third-order valence-corrected chi connectivity index (χ3v) is 3.53. The van der Waals surface area contributed by atoms with Gasteiger partial charge in [-0.25, -0.2) is 0 Å². The van der Waals surface area contributed by atoms with Crippen molar-refractivity contribution in [2.45, 2.75) is 25.8 Å². The van der Waals surface area contributed by atoms with Crippen LogP contribution in [0.15, 0.2) is 12.1 Å². The van der Waals surface area contributed by atoms with Crippen molar-refractivity contribution in [3.05, 3.63) is 28.3 Å². The van der Waals surface area contributed by atoms with E-state index in [9.17, 15) is 4.79 Å². The molecule has 3 nitrogen and oxygen atoms in total. The topological polar surface area (TPSA) is 40.5 Å². The summed E-state index contributed by atoms with van der Waals surface area (Å²) >= 11 is 6.13. The van der Waals surface area contributed by atoms with Gasteiger partial charge in [-0.15, -0.1) is 0 Å². The lowest BCUT2D eigenvalue weighted by Crippen LogP contribution is -2.30. The number of hydrogen-bond acceptors (Lipinski definition) is 2. The van der Waals surface area contributed by atoms with Crippen LogP contribution in [0.1, 0.15) is 17.5 Å². The number of hydrogen-bond donors (Lipinski definition) is 1. The summed E-state index contributed by atoms with van der Waals surface area (Å²) < 4.78 is 0. The summed E-state index contributed by atoms with van der Waals surface area (Å²) in [7, 11) is 1.93. The SMILES string of the molecule is Cc1ccc(Cl)c2c1N(C)C(CC(=O)O)C2. The van der Waals surface area contributed by atoms with Crippen molar-refractivity contribution in [1.29, 1.82) is 0 Å². The minimum Gasteiger partial charge on any atom is -0.481 e. The molecule has 86 valence electrons. The van der Waals surface area contributed by atoms with Gasteiger partial charge in [0, 0.05) is 23.8 Å². The molecule has 1 aromatic carbocycles. The van der Waals surface area contributed by atoms with Gasteiger partial charge >= 0.3 is 5.97 Å². The van der Waals surface area contributed by atoms with Gasteiger partial charge in [0.1, 0.15) is 0 Å². The van der Waals surface area contributed by atoms with E-state index < -0.39 is 5.97 Å². The average molecular weight is 240 g/mol. The molecule has 0 aromatic heterocycles. The molecule has 0 spiro atoms. The van der Waals surface area contributed by atoms with Crippen molar-refractivity contribution in [2.75, 3.05) is 11.9 Å². The number of benzene rings is 1. The first-order chi connectivity index (χ1) is 7.50. The van der Waals surface area contributed by atoms with Crippen molar-refractivity contribution >= 4 is 23.3 Å². The Bertz CT molecular complexity index is 445. The van der Waals surface area contributed by atoms with E-state index >= 15 is 0 Å². The van der Waals surface area contributed by atoms with E-state index in [1.54, 1.807) is 0 Å². The van der Waals surface area contributed by atoms with Crippen molar-refractivity contribution in [2.24, 2.45) is 0 Å². The van der Waals surface area contributed by atoms with Gasteiger partial charge in [0.2, 0.25) is 0 Å². The van der Waals surface area contributed by atoms with Crippen molar-refractivity contribution in [3.8, 4) is 0 Å². The Labute approximate surface area is 99.6 Å². The van der Waals surface area contributed by atoms with Crippen LogP contribution >= 0.6 is 11.6 Å². The fourth-order valence-electron chi connectivity index (χ4n) is 2.38. The summed E-state index contributed by atoms with van der Waals surface area (Å²) in [5.41, 5.74) is 3.32. The fourth-order valence-corrected chi connectivity index (χ4v) is 2.61. The van der Waals surface area contributed by atoms with Crippen molar-refractivity contribution in [1.82, 2.24) is 0 Å². The lowest BCUT2D eigenvalue weighted by molar-refractivity contribution is -0.137. The molecule has 2 rings (SSSR count). The lowest BCUT2D eigenvalue weighted by Gasteiger charge is -2.22. The first kappa shape index (κ1) is 11.3. The Kier molecular flexibility index (Phi) is 2.80. The zero-order valence-corrected chi connectivity index (χ0v) is 10.1. The summed E-state index contributed by atoms with van der Waals surface area (Å²) in [6.45, 7) is 2.02. The summed E-state index contributed by atoms with van der Waals surface area (Å²) in [6, 6.07) is 3.87. The number of likely N-dealkylation sites (N-methyl/N-ethyl adjacent to an activating group) is 1. The normalized spacial score (nSPS) is 18.7. The molecule has 1 N–H and O–H groups in total. The van der Waals surface area contributed by atoms with Gasteiger partial charge in [0.25, 0.3) is 0 Å². The highest BCUT2D eigenvalue weighted by molar-refractivity contribution is 6.32. The van der Waals surface area contributed by atoms with Crippen LogP contribution < -0.4 is 4.90 Å². The monoisotopic (exact) mass is 239 g/mol. The molecule has 0 radical (unpaired) electrons. The Balaban J connectivity index is 2.37. The van der Waals surface area contributed by atoms with E-state index in [1.807, 2.05) is 31.0 Å². The molecule has 0 aliphatic carbocycles. The first-order valence-corrected chi connectivity index (χ1v) is 5.61. The molecule has 0 fully saturated rings. The third kappa shape index (κ3) is 1.76. The van der Waals surface area contributed by atoms with Crippen LogP contribution in [0.4, 0.5) is 5.69 Å². The number of rotatable bonds is 2. The number of carbonyl (C=O) groups is 1. The van der Waals surface area contributed by atoms with E-state index in [-0.39, 0.29) is 12.5 Å². The molecule has 1 aliphatic heterocycles. The Morgan fingerprint density at radius 1 is 1.62 bits per heavy atom. The Morgan fingerprint density at radius 2 is 2.31 bits per heavy atom. The second-order valence-corrected chi connectivity index (χ2v) is 4.67. The number of carboxylic acids is 1. The van der Waals surface area contributed by atoms with Gasteiger partial charge in [-0.3, -0.25) is 4.79 Å². The Hall–Kier alpha value is -1.22. The smallest absolute Gasteiger partial charge is 0.305 e. The molecular formula is C12H14ClNO2. The largest absolute Gasteiger partial charge is 0.481 e. The van der Waals surface area contributed by atoms with Crippen LogP contribution in [0.3, 0.4) is 0 Å². The molecule has 4 heteroatoms. The summed E-state index contributed by atoms with van der Waals surface area (Å²) in [5.74, 6) is -0.765. The van der Waals surface area contributed by atoms with Crippen LogP contribution in [0.5, 0.6) is 0 Å². The average Bonchev–Trinajstić information content (AvgIpc) is 2.51. The van der Waals surface area contributed by atoms with Gasteiger partial charge in [-0.1, -0.05) is 17.7 Å². The molecular weight excluding hydrogens is 226 g/mol. The molecule has 1 atom stereocenters. The minimum absolute atomic E-state index is 0.0195. The number of nitrogens with zero attached hydrogens (tertiary/aromatic N) is 1. The van der Waals surface area contributed by atoms with E-state index in [2.05, 4.69) is 0 Å². The molecule has 0 bridgehead atoms. The minimum atomic E-state index is -0.765. The number of fused-ring (bicyclic) bond motifs is 1. The molecule has 1 heterocycles. The highest BCUT2D eigenvalue weighted by Gasteiger charge is 2.30. The van der Waals surface area contributed by atoms with Crippen LogP contribution in [-0.4, -0.2) is 24.2 Å². The lowest BCUT2D eigenvalue weighted by atomic mass is 10.1. The van der Waals surface area contributed by atoms with Gasteiger partial charge in [-0.05, 0) is 30.5 Å². The quantitative estimate of drug-likeness (QED) is 0.862. The maximum absolute atomic E-state index is 10.8. The van der Waals surface area contributed by atoms with Gasteiger partial charge in [0.15, 0.2) is 0 Å². The highest BCUT2D eigenvalue weighted by atomic mass is 35.5. The second kappa shape index (κ2) is 3.98. The number of aryl methyl sites for hydroxylation is 1. The maximum atomic E-state index is 10.8. The molecule has 1 unspecified atom stereocenters. The number of halogens is 1. The second-order valence-electron chi connectivity index (χ2n) is 4.26. The molecule has 0 saturated carbocycles. The summed E-state index contributed by atoms with van der Waals surface area (Å²) in [5, 5.41) is 9.59. The predicted octanol–water partition coefficient (Wildman–Crippen LogP) is 2.48. The Morgan fingerprint density at radius 3 is 2.88 bits per heavy atom. The van der Waals surface area contributed by atoms with Crippen molar-refractivity contribution < 1.29 is 9.90 Å². The van der Waals surface area contributed by atoms with E-state index in [1.165, 1.54) is 0 Å². The van der Waals surface area contributed by atoms with Gasteiger partial charge in [0.05, 0.1) is 6.42 Å². The molecule has 1 aromatic rings. The zero-order valence-electron chi connectivity index (χ0n) is 9.33. The molecule has 0 saturated heterocycles. The maximum Gasteiger partial charge on any atom is 0.305 e. The zero-order chi connectivity index (χ0) is 11.9. The van der Waals surface area contributed by atoms with Gasteiger partial charge in [-0.2, -0.15) is 0 Å². The summed E-state index contributed by atoms with van der Waals surface area (Å²) in [4.78, 5) is 12.8. The van der Waals surface area contributed by atoms with Crippen molar-refractivity contribution in [3.63, 3.8) is 0 Å². The standard InChI is InChI=1S/C12H14ClNO2/c1-7-3-4-10(13)9-5-8(6-11(15)16)14(2)12(7)9/h3-4,8H,5-6H2,1-2H3,(H,15,16). The molecule has 16 heavy (non-hydrogen) atoms. The van der Waals surface area contributed by atoms with Crippen LogP contribution in [0.25, 0.3) is 0 Å². The van der Waals surface area contributed by atoms with Crippen LogP contribution in [-0.2, 0) is 11.2 Å².